The summed E-state index contributed by atoms with van der Waals surface area (Å²) in [6.45, 7) is 7.36. The van der Waals surface area contributed by atoms with Gasteiger partial charge in [-0.25, -0.2) is 0 Å². The molecule has 1 fully saturated rings. The van der Waals surface area contributed by atoms with Crippen LogP contribution in [0.5, 0.6) is 5.75 Å². The number of hydrogen-bond donors (Lipinski definition) is 2. The van der Waals surface area contributed by atoms with Crippen LogP contribution in [-0.4, -0.2) is 41.5 Å². The van der Waals surface area contributed by atoms with E-state index in [9.17, 15) is 0 Å². The zero-order chi connectivity index (χ0) is 24.8. The van der Waals surface area contributed by atoms with Gasteiger partial charge in [-0.05, 0) is 45.1 Å². The molecule has 35 heavy (non-hydrogen) atoms. The summed E-state index contributed by atoms with van der Waals surface area (Å²) in [5.74, 6) is 0.466. The summed E-state index contributed by atoms with van der Waals surface area (Å²) in [5.41, 5.74) is 1.18. The molecule has 3 nitrogen and oxygen atoms in total. The van der Waals surface area contributed by atoms with E-state index in [1.165, 1.54) is 48.8 Å². The van der Waals surface area contributed by atoms with Crippen LogP contribution >= 0.6 is 7.26 Å². The Morgan fingerprint density at radius 1 is 0.743 bits per heavy atom. The molecule has 0 saturated heterocycles. The first-order chi connectivity index (χ1) is 17.0. The molecule has 0 heterocycles. The first kappa shape index (κ1) is 26.0. The molecule has 5 heteroatoms. The van der Waals surface area contributed by atoms with Gasteiger partial charge in [0.15, 0.2) is 0 Å². The van der Waals surface area contributed by atoms with Gasteiger partial charge in [-0.2, -0.15) is 0 Å². The van der Waals surface area contributed by atoms with Gasteiger partial charge in [-0.1, -0.05) is 48.5 Å². The van der Waals surface area contributed by atoms with Gasteiger partial charge >= 0.3 is 91.6 Å². The maximum atomic E-state index is 9.14. The first-order valence-corrected chi connectivity index (χ1v) is 16.1. The normalized spacial score (nSPS) is 15.1. The van der Waals surface area contributed by atoms with Gasteiger partial charge in [0, 0.05) is 5.39 Å². The molecule has 1 saturated carbocycles. The Labute approximate surface area is 211 Å². The van der Waals surface area contributed by atoms with Gasteiger partial charge in [0.2, 0.25) is 0 Å². The SMILES string of the molecule is CC[PH](CC)(CC)C1CCCCC1.OB(O)Oc1cccc2ccc3cc4ccccc4cc3c12. The van der Waals surface area contributed by atoms with Crippen molar-refractivity contribution in [2.45, 2.75) is 58.5 Å². The van der Waals surface area contributed by atoms with Crippen LogP contribution in [-0.2, 0) is 0 Å². The third kappa shape index (κ3) is 5.66. The Hall–Kier alpha value is -2.13. The summed E-state index contributed by atoms with van der Waals surface area (Å²) < 4.78 is 5.16. The molecule has 1 aliphatic rings. The maximum absolute atomic E-state index is 9.14. The Morgan fingerprint density at radius 2 is 1.34 bits per heavy atom. The largest absolute Gasteiger partial charge is 0.707 e. The second kappa shape index (κ2) is 11.7. The molecule has 0 amide bonds. The predicted molar refractivity (Wildman–Crippen MR) is 157 cm³/mol. The van der Waals surface area contributed by atoms with Crippen LogP contribution in [0.25, 0.3) is 32.3 Å². The molecule has 0 bridgehead atoms. The van der Waals surface area contributed by atoms with Crippen LogP contribution in [0.4, 0.5) is 0 Å². The average molecular weight is 490 g/mol. The molecule has 4 aromatic rings. The van der Waals surface area contributed by atoms with E-state index in [0.29, 0.717) is 5.75 Å². The summed E-state index contributed by atoms with van der Waals surface area (Å²) in [5, 5.41) is 24.6. The van der Waals surface area contributed by atoms with Gasteiger partial charge in [0.1, 0.15) is 5.75 Å². The molecule has 0 unspecified atom stereocenters. The first-order valence-electron chi connectivity index (χ1n) is 13.4. The summed E-state index contributed by atoms with van der Waals surface area (Å²) in [7, 11) is -2.65. The fraction of sp³-hybridized carbons (Fsp3) is 0.400. The minimum atomic E-state index is -1.83. The third-order valence-corrected chi connectivity index (χ3v) is 15.0. The molecule has 1 aliphatic carbocycles. The second-order valence-electron chi connectivity index (χ2n) is 10.0. The van der Waals surface area contributed by atoms with E-state index in [4.69, 9.17) is 14.7 Å². The number of fused-ring (bicyclic) bond motifs is 4. The number of hydrogen-bond acceptors (Lipinski definition) is 3. The van der Waals surface area contributed by atoms with Crippen molar-refractivity contribution in [3.63, 3.8) is 0 Å². The van der Waals surface area contributed by atoms with E-state index in [1.807, 2.05) is 30.3 Å². The Morgan fingerprint density at radius 3 is 1.97 bits per heavy atom. The summed E-state index contributed by atoms with van der Waals surface area (Å²) in [6, 6.07) is 22.1. The van der Waals surface area contributed by atoms with Gasteiger partial charge < -0.3 is 14.7 Å². The van der Waals surface area contributed by atoms with Gasteiger partial charge in [-0.15, -0.1) is 0 Å². The van der Waals surface area contributed by atoms with Crippen LogP contribution < -0.4 is 4.65 Å². The second-order valence-corrected chi connectivity index (χ2v) is 15.7. The molecule has 4 aromatic carbocycles. The standard InChI is InChI=1S/C18H13BO3.C12H27P/c20-19(21)22-17-7-3-6-12-8-9-15-10-13-4-1-2-5-14(13)11-16(15)18(12)17;1-4-13(5-2,6-3)12-10-8-7-9-11-12/h1-11,20-21H;12-13H,4-11H2,1-3H3. The molecule has 0 aromatic heterocycles. The van der Waals surface area contributed by atoms with Gasteiger partial charge in [0.05, 0.1) is 0 Å². The molecule has 186 valence electrons. The van der Waals surface area contributed by atoms with E-state index in [1.54, 1.807) is 18.9 Å². The van der Waals surface area contributed by atoms with E-state index in [2.05, 4.69) is 51.1 Å². The van der Waals surface area contributed by atoms with Crippen LogP contribution in [0.1, 0.15) is 52.9 Å². The van der Waals surface area contributed by atoms with Crippen molar-refractivity contribution in [3.8, 4) is 5.75 Å². The molecular weight excluding hydrogens is 450 g/mol. The van der Waals surface area contributed by atoms with Crippen LogP contribution in [0.3, 0.4) is 0 Å². The monoisotopic (exact) mass is 490 g/mol. The zero-order valence-corrected chi connectivity index (χ0v) is 22.5. The van der Waals surface area contributed by atoms with Crippen molar-refractivity contribution >= 4 is 46.9 Å². The fourth-order valence-corrected chi connectivity index (χ4v) is 11.2. The minimum Gasteiger partial charge on any atom is -0.511 e. The van der Waals surface area contributed by atoms with Crippen molar-refractivity contribution in [3.05, 3.63) is 66.7 Å². The molecule has 0 radical (unpaired) electrons. The molecule has 0 atom stereocenters. The van der Waals surface area contributed by atoms with Gasteiger partial charge in [-0.3, -0.25) is 0 Å². The van der Waals surface area contributed by atoms with E-state index < -0.39 is 14.6 Å². The fourth-order valence-electron chi connectivity index (χ4n) is 6.31. The zero-order valence-electron chi connectivity index (χ0n) is 21.5. The van der Waals surface area contributed by atoms with Gasteiger partial charge in [0.25, 0.3) is 0 Å². The van der Waals surface area contributed by atoms with Crippen molar-refractivity contribution in [1.29, 1.82) is 0 Å². The summed E-state index contributed by atoms with van der Waals surface area (Å²) >= 11 is 0. The Balaban J connectivity index is 0.000000191. The quantitative estimate of drug-likeness (QED) is 0.127. The van der Waals surface area contributed by atoms with Crippen LogP contribution in [0, 0.1) is 0 Å². The molecule has 0 spiro atoms. The van der Waals surface area contributed by atoms with E-state index >= 15 is 0 Å². The smallest absolute Gasteiger partial charge is 0.511 e. The van der Waals surface area contributed by atoms with Crippen LogP contribution in [0.15, 0.2) is 66.7 Å². The van der Waals surface area contributed by atoms with Crippen molar-refractivity contribution in [1.82, 2.24) is 0 Å². The van der Waals surface area contributed by atoms with E-state index in [0.717, 1.165) is 26.9 Å². The summed E-state index contributed by atoms with van der Waals surface area (Å²) in [4.78, 5) is 0. The summed E-state index contributed by atoms with van der Waals surface area (Å²) in [6.07, 6.45) is 12.3. The Bertz CT molecular complexity index is 1250. The number of benzene rings is 4. The molecule has 0 aliphatic heterocycles. The predicted octanol–water partition coefficient (Wildman–Crippen LogP) is 7.62. The molecule has 2 N–H and O–H groups in total. The molecule has 5 rings (SSSR count). The van der Waals surface area contributed by atoms with Crippen molar-refractivity contribution in [2.24, 2.45) is 0 Å². The van der Waals surface area contributed by atoms with Crippen molar-refractivity contribution in [2.75, 3.05) is 18.5 Å². The van der Waals surface area contributed by atoms with Crippen LogP contribution in [0.2, 0.25) is 0 Å². The number of rotatable bonds is 6. The third-order valence-electron chi connectivity index (χ3n) is 8.50. The topological polar surface area (TPSA) is 49.7 Å². The average Bonchev–Trinajstić information content (AvgIpc) is 2.89. The van der Waals surface area contributed by atoms with E-state index in [-0.39, 0.29) is 0 Å². The van der Waals surface area contributed by atoms with Crippen molar-refractivity contribution < 1.29 is 14.7 Å². The maximum Gasteiger partial charge on any atom is 0.707 e. The Kier molecular flexibility index (Phi) is 8.70. The minimum absolute atomic E-state index is 0.466. The molecular formula is C30H40BO3P.